The monoisotopic (exact) mass is 448 g/mol. The van der Waals surface area contributed by atoms with Crippen molar-refractivity contribution >= 4 is 40.2 Å². The van der Waals surface area contributed by atoms with Crippen molar-refractivity contribution in [3.05, 3.63) is 16.0 Å². The Labute approximate surface area is 183 Å². The minimum absolute atomic E-state index is 0.0334. The number of nitrogens with one attached hydrogen (secondary N) is 1. The maximum absolute atomic E-state index is 12.8. The summed E-state index contributed by atoms with van der Waals surface area (Å²) >= 11 is 0.875. The highest BCUT2D eigenvalue weighted by atomic mass is 32.1. The number of carbonyl (C=O) groups is 4. The molecule has 1 aromatic heterocycles. The molecule has 11 heteroatoms. The van der Waals surface area contributed by atoms with Crippen molar-refractivity contribution in [1.82, 2.24) is 10.2 Å². The van der Waals surface area contributed by atoms with Crippen LogP contribution in [0.5, 0.6) is 0 Å². The van der Waals surface area contributed by atoms with Crippen LogP contribution in [0.3, 0.4) is 0 Å². The van der Waals surface area contributed by atoms with Gasteiger partial charge in [-0.15, -0.1) is 11.3 Å². The molecule has 3 N–H and O–H groups in total. The quantitative estimate of drug-likeness (QED) is 0.495. The Bertz CT molecular complexity index is 958. The molecule has 2 fully saturated rings. The highest BCUT2D eigenvalue weighted by Crippen LogP contribution is 2.36. The molecule has 0 radical (unpaired) electrons. The summed E-state index contributed by atoms with van der Waals surface area (Å²) < 4.78 is 10.1. The fourth-order valence-corrected chi connectivity index (χ4v) is 4.76. The van der Waals surface area contributed by atoms with Crippen LogP contribution < -0.4 is 11.1 Å². The van der Waals surface area contributed by atoms with Crippen LogP contribution in [0.15, 0.2) is 0 Å². The standard InChI is InChI=1S/C20H24N4O6S/c1-3-29-17(26)15-13(12(8-21)16(22)31-15)10-30-14(25)9-24-18(27)20(23-19(24)28)6-4-11(2)5-7-20/h11H,3-7,9-10,22H2,1-2H3,(H,23,28). The predicted molar refractivity (Wildman–Crippen MR) is 110 cm³/mol. The van der Waals surface area contributed by atoms with Crippen molar-refractivity contribution in [2.45, 2.75) is 51.7 Å². The van der Waals surface area contributed by atoms with E-state index < -0.39 is 42.6 Å². The molecule has 1 aromatic rings. The van der Waals surface area contributed by atoms with Gasteiger partial charge in [0.05, 0.1) is 12.2 Å². The van der Waals surface area contributed by atoms with Gasteiger partial charge in [-0.1, -0.05) is 6.92 Å². The van der Waals surface area contributed by atoms with Gasteiger partial charge in [-0.05, 0) is 38.5 Å². The van der Waals surface area contributed by atoms with Crippen molar-refractivity contribution in [1.29, 1.82) is 5.26 Å². The van der Waals surface area contributed by atoms with Crippen molar-refractivity contribution < 1.29 is 28.7 Å². The Morgan fingerprint density at radius 1 is 1.32 bits per heavy atom. The minimum Gasteiger partial charge on any atom is -0.462 e. The summed E-state index contributed by atoms with van der Waals surface area (Å²) in [6.07, 6.45) is 2.70. The van der Waals surface area contributed by atoms with Crippen LogP contribution in [0.25, 0.3) is 0 Å². The van der Waals surface area contributed by atoms with Gasteiger partial charge in [0.25, 0.3) is 5.91 Å². The van der Waals surface area contributed by atoms with E-state index in [1.807, 2.05) is 6.07 Å². The van der Waals surface area contributed by atoms with Gasteiger partial charge in [0.15, 0.2) is 0 Å². The summed E-state index contributed by atoms with van der Waals surface area (Å²) in [7, 11) is 0. The Morgan fingerprint density at radius 2 is 2.00 bits per heavy atom. The van der Waals surface area contributed by atoms with E-state index in [4.69, 9.17) is 15.2 Å². The Hall–Kier alpha value is -3.13. The molecule has 0 aromatic carbocycles. The number of carbonyl (C=O) groups excluding carboxylic acids is 4. The topological polar surface area (TPSA) is 152 Å². The third-order valence-corrected chi connectivity index (χ3v) is 6.69. The van der Waals surface area contributed by atoms with E-state index in [1.54, 1.807) is 6.92 Å². The molecule has 3 rings (SSSR count). The van der Waals surface area contributed by atoms with Crippen LogP contribution in [-0.2, 0) is 25.7 Å². The fourth-order valence-electron chi connectivity index (χ4n) is 3.85. The Balaban J connectivity index is 1.67. The average molecular weight is 449 g/mol. The molecule has 1 saturated carbocycles. The molecule has 2 aliphatic rings. The molecule has 0 atom stereocenters. The zero-order valence-corrected chi connectivity index (χ0v) is 18.2. The van der Waals surface area contributed by atoms with Crippen LogP contribution in [0.1, 0.15) is 60.3 Å². The van der Waals surface area contributed by atoms with Gasteiger partial charge >= 0.3 is 18.0 Å². The molecule has 3 amide bonds. The number of anilines is 1. The molecule has 1 spiro atoms. The van der Waals surface area contributed by atoms with Crippen LogP contribution in [0.4, 0.5) is 9.80 Å². The zero-order valence-electron chi connectivity index (χ0n) is 17.4. The molecular weight excluding hydrogens is 424 g/mol. The van der Waals surface area contributed by atoms with Crippen LogP contribution in [0.2, 0.25) is 0 Å². The lowest BCUT2D eigenvalue weighted by Crippen LogP contribution is -2.49. The second-order valence-corrected chi connectivity index (χ2v) is 8.78. The summed E-state index contributed by atoms with van der Waals surface area (Å²) in [6.45, 7) is 2.90. The average Bonchev–Trinajstić information content (AvgIpc) is 3.17. The molecule has 0 unspecified atom stereocenters. The van der Waals surface area contributed by atoms with E-state index in [0.717, 1.165) is 29.1 Å². The minimum atomic E-state index is -0.948. The smallest absolute Gasteiger partial charge is 0.348 e. The highest BCUT2D eigenvalue weighted by Gasteiger charge is 2.52. The number of nitrogens with two attached hydrogens (primary N) is 1. The van der Waals surface area contributed by atoms with Crippen LogP contribution in [0, 0.1) is 17.2 Å². The highest BCUT2D eigenvalue weighted by molar-refractivity contribution is 7.18. The van der Waals surface area contributed by atoms with Crippen molar-refractivity contribution in [2.24, 2.45) is 5.92 Å². The molecular formula is C20H24N4O6S. The van der Waals surface area contributed by atoms with E-state index in [-0.39, 0.29) is 27.6 Å². The van der Waals surface area contributed by atoms with Gasteiger partial charge in [-0.25, -0.2) is 9.59 Å². The summed E-state index contributed by atoms with van der Waals surface area (Å²) in [4.78, 5) is 50.6. The SMILES string of the molecule is CCOC(=O)c1sc(N)c(C#N)c1COC(=O)CN1C(=O)NC2(CCC(C)CC2)C1=O. The van der Waals surface area contributed by atoms with Crippen molar-refractivity contribution in [3.63, 3.8) is 0 Å². The number of nitrogen functional groups attached to an aromatic ring is 1. The lowest BCUT2D eigenvalue weighted by molar-refractivity contribution is -0.149. The first kappa shape index (κ1) is 22.6. The zero-order chi connectivity index (χ0) is 22.8. The number of rotatable bonds is 6. The number of hydrogen-bond donors (Lipinski definition) is 2. The Kier molecular flexibility index (Phi) is 6.50. The third-order valence-electron chi connectivity index (χ3n) is 5.65. The number of nitriles is 1. The summed E-state index contributed by atoms with van der Waals surface area (Å²) in [5.41, 5.74) is 5.02. The first-order valence-corrected chi connectivity index (χ1v) is 10.8. The van der Waals surface area contributed by atoms with E-state index in [0.29, 0.717) is 18.8 Å². The van der Waals surface area contributed by atoms with E-state index in [2.05, 4.69) is 12.2 Å². The summed E-state index contributed by atoms with van der Waals surface area (Å²) in [5.74, 6) is -1.45. The third kappa shape index (κ3) is 4.34. The number of amides is 3. The van der Waals surface area contributed by atoms with Gasteiger partial charge in [-0.3, -0.25) is 14.5 Å². The number of esters is 2. The van der Waals surface area contributed by atoms with Crippen LogP contribution >= 0.6 is 11.3 Å². The molecule has 31 heavy (non-hydrogen) atoms. The van der Waals surface area contributed by atoms with Crippen LogP contribution in [-0.4, -0.2) is 47.5 Å². The largest absolute Gasteiger partial charge is 0.462 e. The molecule has 1 aliphatic carbocycles. The molecule has 166 valence electrons. The van der Waals surface area contributed by atoms with Gasteiger partial charge in [-0.2, -0.15) is 5.26 Å². The van der Waals surface area contributed by atoms with E-state index in [1.165, 1.54) is 0 Å². The number of hydrogen-bond acceptors (Lipinski definition) is 9. The maximum atomic E-state index is 12.8. The Morgan fingerprint density at radius 3 is 2.61 bits per heavy atom. The second kappa shape index (κ2) is 8.93. The molecule has 1 aliphatic heterocycles. The molecule has 2 heterocycles. The number of ether oxygens (including phenoxy) is 2. The van der Waals surface area contributed by atoms with Gasteiger partial charge in [0, 0.05) is 5.56 Å². The van der Waals surface area contributed by atoms with Gasteiger partial charge < -0.3 is 20.5 Å². The first-order valence-electron chi connectivity index (χ1n) is 10.0. The molecule has 10 nitrogen and oxygen atoms in total. The van der Waals surface area contributed by atoms with E-state index in [9.17, 15) is 24.4 Å². The van der Waals surface area contributed by atoms with Crippen molar-refractivity contribution in [2.75, 3.05) is 18.9 Å². The molecule has 0 bridgehead atoms. The lowest BCUT2D eigenvalue weighted by Gasteiger charge is -2.33. The number of imide groups is 1. The van der Waals surface area contributed by atoms with Crippen molar-refractivity contribution in [3.8, 4) is 6.07 Å². The van der Waals surface area contributed by atoms with E-state index >= 15 is 0 Å². The van der Waals surface area contributed by atoms with Gasteiger partial charge in [0.1, 0.15) is 34.6 Å². The second-order valence-electron chi connectivity index (χ2n) is 7.73. The molecule has 1 saturated heterocycles. The predicted octanol–water partition coefficient (Wildman–Crippen LogP) is 1.92. The van der Waals surface area contributed by atoms with Gasteiger partial charge in [0.2, 0.25) is 0 Å². The number of thiophene rings is 1. The maximum Gasteiger partial charge on any atom is 0.348 e. The summed E-state index contributed by atoms with van der Waals surface area (Å²) in [6, 6.07) is 1.27. The lowest BCUT2D eigenvalue weighted by atomic mass is 9.77. The fraction of sp³-hybridized carbons (Fsp3) is 0.550. The normalized spacial score (nSPS) is 22.9. The summed E-state index contributed by atoms with van der Waals surface area (Å²) in [5, 5.41) is 12.2. The number of urea groups is 1. The first-order chi connectivity index (χ1) is 14.7. The number of nitrogens with zero attached hydrogens (tertiary/aromatic N) is 2.